The highest BCUT2D eigenvalue weighted by Crippen LogP contribution is 2.21. The number of hydrogen-bond donors (Lipinski definition) is 1. The van der Waals surface area contributed by atoms with Gasteiger partial charge in [-0.05, 0) is 12.8 Å². The van der Waals surface area contributed by atoms with Gasteiger partial charge in [0.2, 0.25) is 5.91 Å². The van der Waals surface area contributed by atoms with Gasteiger partial charge in [0.1, 0.15) is 6.04 Å². The van der Waals surface area contributed by atoms with E-state index < -0.39 is 16.3 Å². The summed E-state index contributed by atoms with van der Waals surface area (Å²) >= 11 is 0. The van der Waals surface area contributed by atoms with E-state index in [2.05, 4.69) is 5.32 Å². The Hall–Kier alpha value is -0.660. The number of carbonyl (C=O) groups is 1. The van der Waals surface area contributed by atoms with Crippen LogP contribution in [0.5, 0.6) is 0 Å². The number of carbonyl (C=O) groups excluding carboxylic acids is 1. The molecule has 6 nitrogen and oxygen atoms in total. The molecule has 7 heteroatoms. The molecule has 1 saturated heterocycles. The molecular weight excluding hydrogens is 230 g/mol. The van der Waals surface area contributed by atoms with Gasteiger partial charge in [-0.3, -0.25) is 4.79 Å². The SMILES string of the molecule is CNC(=O)C1CCCCN1S(=O)(=O)N(C)C. The summed E-state index contributed by atoms with van der Waals surface area (Å²) in [6, 6.07) is -0.564. The first-order chi connectivity index (χ1) is 7.41. The van der Waals surface area contributed by atoms with Crippen LogP contribution in [-0.2, 0) is 15.0 Å². The highest BCUT2D eigenvalue weighted by Gasteiger charge is 2.37. The molecule has 1 aliphatic rings. The molecule has 94 valence electrons. The Morgan fingerprint density at radius 3 is 2.50 bits per heavy atom. The number of amides is 1. The van der Waals surface area contributed by atoms with Crippen molar-refractivity contribution in [3.63, 3.8) is 0 Å². The molecule has 1 rings (SSSR count). The summed E-state index contributed by atoms with van der Waals surface area (Å²) in [5.41, 5.74) is 0. The number of nitrogens with zero attached hydrogens (tertiary/aromatic N) is 2. The van der Waals surface area contributed by atoms with Gasteiger partial charge in [-0.15, -0.1) is 0 Å². The van der Waals surface area contributed by atoms with Crippen molar-refractivity contribution in [2.45, 2.75) is 25.3 Å². The standard InChI is InChI=1S/C9H19N3O3S/c1-10-9(13)8-6-4-5-7-12(8)16(14,15)11(2)3/h8H,4-7H2,1-3H3,(H,10,13). The van der Waals surface area contributed by atoms with Gasteiger partial charge >= 0.3 is 0 Å². The smallest absolute Gasteiger partial charge is 0.282 e. The molecule has 0 saturated carbocycles. The molecule has 1 aliphatic heterocycles. The van der Waals surface area contributed by atoms with Crippen LogP contribution in [0.15, 0.2) is 0 Å². The van der Waals surface area contributed by atoms with E-state index in [1.165, 1.54) is 25.4 Å². The zero-order valence-electron chi connectivity index (χ0n) is 9.93. The average Bonchev–Trinajstić information content (AvgIpc) is 2.27. The zero-order valence-corrected chi connectivity index (χ0v) is 10.7. The third-order valence-corrected chi connectivity index (χ3v) is 4.71. The maximum atomic E-state index is 12.0. The Morgan fingerprint density at radius 1 is 1.38 bits per heavy atom. The van der Waals surface area contributed by atoms with Gasteiger partial charge in [0.15, 0.2) is 0 Å². The van der Waals surface area contributed by atoms with Crippen LogP contribution >= 0.6 is 0 Å². The molecule has 0 spiro atoms. The van der Waals surface area contributed by atoms with E-state index in [-0.39, 0.29) is 5.91 Å². The molecule has 1 amide bonds. The summed E-state index contributed by atoms with van der Waals surface area (Å²) in [6.45, 7) is 0.415. The van der Waals surface area contributed by atoms with Gasteiger partial charge in [-0.1, -0.05) is 6.42 Å². The summed E-state index contributed by atoms with van der Waals surface area (Å²) in [7, 11) is 0.981. The van der Waals surface area contributed by atoms with Crippen molar-refractivity contribution in [3.8, 4) is 0 Å². The monoisotopic (exact) mass is 249 g/mol. The van der Waals surface area contributed by atoms with Crippen molar-refractivity contribution in [2.24, 2.45) is 0 Å². The number of nitrogens with one attached hydrogen (secondary N) is 1. The summed E-state index contributed by atoms with van der Waals surface area (Å²) < 4.78 is 26.4. The zero-order chi connectivity index (χ0) is 12.3. The predicted molar refractivity (Wildman–Crippen MR) is 61.0 cm³/mol. The van der Waals surface area contributed by atoms with Crippen LogP contribution in [0.2, 0.25) is 0 Å². The van der Waals surface area contributed by atoms with E-state index in [1.54, 1.807) is 0 Å². The van der Waals surface area contributed by atoms with Crippen LogP contribution in [-0.4, -0.2) is 56.7 Å². The predicted octanol–water partition coefficient (Wildman–Crippen LogP) is -0.607. The fraction of sp³-hybridized carbons (Fsp3) is 0.889. The third kappa shape index (κ3) is 2.53. The quantitative estimate of drug-likeness (QED) is 0.725. The molecule has 0 aromatic carbocycles. The maximum Gasteiger partial charge on any atom is 0.282 e. The summed E-state index contributed by atoms with van der Waals surface area (Å²) in [6.07, 6.45) is 2.28. The largest absolute Gasteiger partial charge is 0.358 e. The van der Waals surface area contributed by atoms with E-state index in [1.807, 2.05) is 0 Å². The maximum absolute atomic E-state index is 12.0. The normalized spacial score (nSPS) is 23.4. The van der Waals surface area contributed by atoms with Crippen LogP contribution in [0.25, 0.3) is 0 Å². The Labute approximate surface area is 96.8 Å². The van der Waals surface area contributed by atoms with Crippen LogP contribution in [0.1, 0.15) is 19.3 Å². The van der Waals surface area contributed by atoms with Crippen LogP contribution in [0, 0.1) is 0 Å². The molecule has 0 bridgehead atoms. The van der Waals surface area contributed by atoms with E-state index in [0.29, 0.717) is 13.0 Å². The van der Waals surface area contributed by atoms with E-state index in [9.17, 15) is 13.2 Å². The molecule has 1 unspecified atom stereocenters. The summed E-state index contributed by atoms with van der Waals surface area (Å²) in [4.78, 5) is 11.6. The van der Waals surface area contributed by atoms with Crippen molar-refractivity contribution >= 4 is 16.1 Å². The van der Waals surface area contributed by atoms with Crippen molar-refractivity contribution in [3.05, 3.63) is 0 Å². The van der Waals surface area contributed by atoms with Gasteiger partial charge in [-0.25, -0.2) is 0 Å². The molecular formula is C9H19N3O3S. The highest BCUT2D eigenvalue weighted by atomic mass is 32.2. The van der Waals surface area contributed by atoms with Crippen LogP contribution < -0.4 is 5.32 Å². The Balaban J connectivity index is 2.95. The fourth-order valence-electron chi connectivity index (χ4n) is 1.82. The number of piperidine rings is 1. The number of likely N-dealkylation sites (N-methyl/N-ethyl adjacent to an activating group) is 1. The van der Waals surface area contributed by atoms with Crippen molar-refractivity contribution < 1.29 is 13.2 Å². The van der Waals surface area contributed by atoms with Gasteiger partial charge < -0.3 is 5.32 Å². The summed E-state index contributed by atoms with van der Waals surface area (Å²) in [5.74, 6) is -0.231. The fourth-order valence-corrected chi connectivity index (χ4v) is 3.12. The summed E-state index contributed by atoms with van der Waals surface area (Å²) in [5, 5.41) is 2.51. The second-order valence-corrected chi connectivity index (χ2v) is 6.12. The first kappa shape index (κ1) is 13.4. The van der Waals surface area contributed by atoms with Gasteiger partial charge in [0.25, 0.3) is 10.2 Å². The Bertz CT molecular complexity index is 353. The topological polar surface area (TPSA) is 69.7 Å². The second kappa shape index (κ2) is 5.11. The lowest BCUT2D eigenvalue weighted by atomic mass is 10.0. The molecule has 0 aromatic heterocycles. The Kier molecular flexibility index (Phi) is 4.28. The molecule has 0 aromatic rings. The molecule has 1 fully saturated rings. The molecule has 0 aliphatic carbocycles. The molecule has 1 atom stereocenters. The third-order valence-electron chi connectivity index (χ3n) is 2.76. The van der Waals surface area contributed by atoms with E-state index in [0.717, 1.165) is 17.1 Å². The van der Waals surface area contributed by atoms with Crippen molar-refractivity contribution in [1.29, 1.82) is 0 Å². The van der Waals surface area contributed by atoms with Crippen molar-refractivity contribution in [2.75, 3.05) is 27.7 Å². The lowest BCUT2D eigenvalue weighted by Gasteiger charge is -2.34. The molecule has 1 N–H and O–H groups in total. The van der Waals surface area contributed by atoms with Crippen LogP contribution in [0.3, 0.4) is 0 Å². The first-order valence-electron chi connectivity index (χ1n) is 5.32. The molecule has 1 heterocycles. The highest BCUT2D eigenvalue weighted by molar-refractivity contribution is 7.86. The Morgan fingerprint density at radius 2 is 2.00 bits per heavy atom. The van der Waals surface area contributed by atoms with E-state index in [4.69, 9.17) is 0 Å². The molecule has 0 radical (unpaired) electrons. The van der Waals surface area contributed by atoms with Gasteiger partial charge in [-0.2, -0.15) is 17.0 Å². The lowest BCUT2D eigenvalue weighted by molar-refractivity contribution is -0.125. The van der Waals surface area contributed by atoms with Gasteiger partial charge in [0, 0.05) is 27.7 Å². The van der Waals surface area contributed by atoms with Crippen molar-refractivity contribution in [1.82, 2.24) is 13.9 Å². The minimum Gasteiger partial charge on any atom is -0.358 e. The number of hydrogen-bond acceptors (Lipinski definition) is 3. The average molecular weight is 249 g/mol. The minimum atomic E-state index is -3.50. The second-order valence-electron chi connectivity index (χ2n) is 4.03. The van der Waals surface area contributed by atoms with Crippen LogP contribution in [0.4, 0.5) is 0 Å². The molecule has 16 heavy (non-hydrogen) atoms. The minimum absolute atomic E-state index is 0.231. The van der Waals surface area contributed by atoms with E-state index >= 15 is 0 Å². The lowest BCUT2D eigenvalue weighted by Crippen LogP contribution is -2.54. The first-order valence-corrected chi connectivity index (χ1v) is 6.72. The number of rotatable bonds is 3. The van der Waals surface area contributed by atoms with Gasteiger partial charge in [0.05, 0.1) is 0 Å².